The van der Waals surface area contributed by atoms with Crippen molar-refractivity contribution in [3.63, 3.8) is 0 Å². The van der Waals surface area contributed by atoms with Crippen molar-refractivity contribution in [2.75, 3.05) is 6.54 Å². The summed E-state index contributed by atoms with van der Waals surface area (Å²) in [6.45, 7) is 3.34. The van der Waals surface area contributed by atoms with Gasteiger partial charge >= 0.3 is 0 Å². The quantitative estimate of drug-likeness (QED) is 0.468. The summed E-state index contributed by atoms with van der Waals surface area (Å²) in [6, 6.07) is 12.8. The molecule has 0 amide bonds. The number of non-ortho nitro benzene ring substituents is 1. The van der Waals surface area contributed by atoms with Gasteiger partial charge in [0.2, 0.25) is 0 Å². The highest BCUT2D eigenvalue weighted by Gasteiger charge is 2.13. The fourth-order valence-electron chi connectivity index (χ4n) is 2.44. The van der Waals surface area contributed by atoms with Gasteiger partial charge in [0.25, 0.3) is 11.7 Å². The first kappa shape index (κ1) is 23.2. The summed E-state index contributed by atoms with van der Waals surface area (Å²) in [5, 5.41) is 31.3. The van der Waals surface area contributed by atoms with E-state index in [0.717, 1.165) is 25.3 Å². The molecule has 0 saturated heterocycles. The Morgan fingerprint density at radius 3 is 2.32 bits per heavy atom. The molecule has 152 valence electrons. The van der Waals surface area contributed by atoms with Crippen molar-refractivity contribution in [1.82, 2.24) is 5.32 Å². The number of nitrogens with one attached hydrogen (secondary N) is 1. The SMILES string of the molecule is CC(=O)O.CC(CCc1ccc([N+](=O)[O-])cc1)NCC(O)c1ccccc1F. The smallest absolute Gasteiger partial charge is 0.300 e. The molecule has 3 N–H and O–H groups in total. The molecule has 0 bridgehead atoms. The number of hydrogen-bond donors (Lipinski definition) is 3. The van der Waals surface area contributed by atoms with E-state index in [2.05, 4.69) is 5.32 Å². The Labute approximate surface area is 163 Å². The van der Waals surface area contributed by atoms with Crippen molar-refractivity contribution < 1.29 is 24.3 Å². The minimum atomic E-state index is -0.895. The first-order valence-corrected chi connectivity index (χ1v) is 8.79. The Morgan fingerprint density at radius 2 is 1.79 bits per heavy atom. The van der Waals surface area contributed by atoms with E-state index in [4.69, 9.17) is 9.90 Å². The van der Waals surface area contributed by atoms with E-state index in [0.29, 0.717) is 0 Å². The van der Waals surface area contributed by atoms with Gasteiger partial charge in [0.15, 0.2) is 0 Å². The van der Waals surface area contributed by atoms with E-state index < -0.39 is 22.8 Å². The first-order valence-electron chi connectivity index (χ1n) is 8.79. The second-order valence-corrected chi connectivity index (χ2v) is 6.33. The van der Waals surface area contributed by atoms with Crippen LogP contribution >= 0.6 is 0 Å². The van der Waals surface area contributed by atoms with Crippen molar-refractivity contribution in [2.45, 2.75) is 38.8 Å². The number of aliphatic hydroxyl groups is 1. The summed E-state index contributed by atoms with van der Waals surface area (Å²) in [5.41, 5.74) is 1.38. The molecule has 2 aromatic rings. The van der Waals surface area contributed by atoms with Crippen LogP contribution in [0.15, 0.2) is 48.5 Å². The highest BCUT2D eigenvalue weighted by molar-refractivity contribution is 5.62. The van der Waals surface area contributed by atoms with Crippen LogP contribution in [0, 0.1) is 15.9 Å². The standard InChI is InChI=1S/C18H21FN2O3.C2H4O2/c1-13(6-7-14-8-10-15(11-9-14)21(23)24)20-12-18(22)16-4-2-3-5-17(16)19;1-2(3)4/h2-5,8-11,13,18,20,22H,6-7,12H2,1H3;1H3,(H,3,4). The average Bonchev–Trinajstić information content (AvgIpc) is 2.64. The molecule has 2 atom stereocenters. The molecule has 0 heterocycles. The normalized spacial score (nSPS) is 12.4. The van der Waals surface area contributed by atoms with E-state index in [1.165, 1.54) is 18.2 Å². The van der Waals surface area contributed by atoms with Gasteiger partial charge in [-0.15, -0.1) is 0 Å². The topological polar surface area (TPSA) is 113 Å². The molecule has 0 aliphatic rings. The predicted molar refractivity (Wildman–Crippen MR) is 104 cm³/mol. The number of nitrogens with zero attached hydrogens (tertiary/aromatic N) is 1. The van der Waals surface area contributed by atoms with Gasteiger partial charge in [-0.2, -0.15) is 0 Å². The summed E-state index contributed by atoms with van der Waals surface area (Å²) < 4.78 is 13.6. The van der Waals surface area contributed by atoms with Gasteiger partial charge in [-0.25, -0.2) is 4.39 Å². The van der Waals surface area contributed by atoms with Crippen LogP contribution in [0.1, 0.15) is 37.5 Å². The maximum absolute atomic E-state index is 13.6. The molecule has 0 saturated carbocycles. The zero-order valence-electron chi connectivity index (χ0n) is 15.8. The van der Waals surface area contributed by atoms with E-state index in [-0.39, 0.29) is 23.8 Å². The Bertz CT molecular complexity index is 763. The van der Waals surface area contributed by atoms with Gasteiger partial charge in [0, 0.05) is 37.2 Å². The third-order valence-corrected chi connectivity index (χ3v) is 3.94. The van der Waals surface area contributed by atoms with Crippen LogP contribution in [-0.4, -0.2) is 33.7 Å². The third kappa shape index (κ3) is 8.70. The van der Waals surface area contributed by atoms with Gasteiger partial charge in [0.1, 0.15) is 5.82 Å². The zero-order chi connectivity index (χ0) is 21.1. The lowest BCUT2D eigenvalue weighted by atomic mass is 10.0. The number of carbonyl (C=O) groups is 1. The molecule has 8 heteroatoms. The number of hydrogen-bond acceptors (Lipinski definition) is 5. The van der Waals surface area contributed by atoms with Crippen molar-refractivity contribution in [3.8, 4) is 0 Å². The van der Waals surface area contributed by atoms with Crippen LogP contribution in [0.4, 0.5) is 10.1 Å². The van der Waals surface area contributed by atoms with E-state index in [1.54, 1.807) is 30.3 Å². The Morgan fingerprint density at radius 1 is 1.21 bits per heavy atom. The van der Waals surface area contributed by atoms with Crippen LogP contribution in [0.3, 0.4) is 0 Å². The fourth-order valence-corrected chi connectivity index (χ4v) is 2.44. The first-order chi connectivity index (χ1) is 13.2. The molecule has 2 unspecified atom stereocenters. The Kier molecular flexibility index (Phi) is 9.76. The molecule has 2 aromatic carbocycles. The number of rotatable bonds is 8. The largest absolute Gasteiger partial charge is 0.481 e. The van der Waals surface area contributed by atoms with Crippen LogP contribution in [0.2, 0.25) is 0 Å². The molecule has 0 aromatic heterocycles. The number of carboxylic acids is 1. The molecule has 0 spiro atoms. The van der Waals surface area contributed by atoms with Gasteiger partial charge in [-0.05, 0) is 31.4 Å². The van der Waals surface area contributed by atoms with Crippen molar-refractivity contribution >= 4 is 11.7 Å². The lowest BCUT2D eigenvalue weighted by Gasteiger charge is -2.18. The van der Waals surface area contributed by atoms with E-state index >= 15 is 0 Å². The molecule has 7 nitrogen and oxygen atoms in total. The minimum absolute atomic E-state index is 0.0814. The average molecular weight is 392 g/mol. The van der Waals surface area contributed by atoms with Gasteiger partial charge in [-0.3, -0.25) is 14.9 Å². The van der Waals surface area contributed by atoms with Crippen molar-refractivity contribution in [2.24, 2.45) is 0 Å². The Hall–Kier alpha value is -2.84. The van der Waals surface area contributed by atoms with Crippen molar-refractivity contribution in [1.29, 1.82) is 0 Å². The number of benzene rings is 2. The summed E-state index contributed by atoms with van der Waals surface area (Å²) in [5.74, 6) is -1.25. The molecule has 0 radical (unpaired) electrons. The van der Waals surface area contributed by atoms with Crippen LogP contribution in [0.5, 0.6) is 0 Å². The number of aryl methyl sites for hydroxylation is 1. The molecule has 28 heavy (non-hydrogen) atoms. The van der Waals surface area contributed by atoms with Crippen LogP contribution in [0.25, 0.3) is 0 Å². The van der Waals surface area contributed by atoms with E-state index in [1.807, 2.05) is 6.92 Å². The number of carboxylic acid groups (broad SMARTS) is 1. The highest BCUT2D eigenvalue weighted by Crippen LogP contribution is 2.17. The second kappa shape index (κ2) is 11.8. The second-order valence-electron chi connectivity index (χ2n) is 6.33. The fraction of sp³-hybridized carbons (Fsp3) is 0.350. The number of nitro benzene ring substituents is 1. The van der Waals surface area contributed by atoms with Gasteiger partial charge in [-0.1, -0.05) is 30.3 Å². The highest BCUT2D eigenvalue weighted by atomic mass is 19.1. The van der Waals surface area contributed by atoms with Gasteiger partial charge in [0.05, 0.1) is 11.0 Å². The van der Waals surface area contributed by atoms with Crippen LogP contribution in [-0.2, 0) is 11.2 Å². The maximum Gasteiger partial charge on any atom is 0.300 e. The lowest BCUT2D eigenvalue weighted by Crippen LogP contribution is -2.31. The zero-order valence-corrected chi connectivity index (χ0v) is 15.8. The summed E-state index contributed by atoms with van der Waals surface area (Å²) in [6.07, 6.45) is 0.678. The van der Waals surface area contributed by atoms with Crippen LogP contribution < -0.4 is 5.32 Å². The lowest BCUT2D eigenvalue weighted by molar-refractivity contribution is -0.384. The van der Waals surface area contributed by atoms with E-state index in [9.17, 15) is 19.6 Å². The molecular weight excluding hydrogens is 367 g/mol. The number of halogens is 1. The maximum atomic E-state index is 13.6. The third-order valence-electron chi connectivity index (χ3n) is 3.94. The molecule has 0 aliphatic heterocycles. The molecule has 0 aliphatic carbocycles. The number of aliphatic hydroxyl groups excluding tert-OH is 1. The van der Waals surface area contributed by atoms with Crippen molar-refractivity contribution in [3.05, 3.63) is 75.6 Å². The summed E-state index contributed by atoms with van der Waals surface area (Å²) >= 11 is 0. The molecule has 0 fully saturated rings. The van der Waals surface area contributed by atoms with Gasteiger partial charge < -0.3 is 15.5 Å². The number of aliphatic carboxylic acids is 1. The predicted octanol–water partition coefficient (Wildman–Crippen LogP) is 3.47. The Balaban J connectivity index is 0.000000892. The molecule has 2 rings (SSSR count). The molecular formula is C20H25FN2O5. The summed E-state index contributed by atoms with van der Waals surface area (Å²) in [4.78, 5) is 19.2. The summed E-state index contributed by atoms with van der Waals surface area (Å²) in [7, 11) is 0. The monoisotopic (exact) mass is 392 g/mol. The number of nitro groups is 1. The minimum Gasteiger partial charge on any atom is -0.481 e.